The lowest BCUT2D eigenvalue weighted by molar-refractivity contribution is 0.102. The van der Waals surface area contributed by atoms with Gasteiger partial charge in [-0.25, -0.2) is 4.98 Å². The Morgan fingerprint density at radius 1 is 1.22 bits per heavy atom. The number of anilines is 1. The lowest BCUT2D eigenvalue weighted by Crippen LogP contribution is -2.17. The standard InChI is InChI=1S/C16H17N5O2/c1-2-3-4-13-18-14-9-10-17-21(14)16(19-13)20-15(23)11-5-7-12(22)8-6-11/h5-10,22H,2-4H2,1H3,(H,18,19,20,23). The Morgan fingerprint density at radius 2 is 2.00 bits per heavy atom. The van der Waals surface area contributed by atoms with Crippen LogP contribution < -0.4 is 5.32 Å². The molecule has 118 valence electrons. The summed E-state index contributed by atoms with van der Waals surface area (Å²) in [6.45, 7) is 2.10. The molecule has 7 heteroatoms. The van der Waals surface area contributed by atoms with Crippen molar-refractivity contribution in [2.75, 3.05) is 5.32 Å². The van der Waals surface area contributed by atoms with Crippen molar-refractivity contribution in [3.63, 3.8) is 0 Å². The van der Waals surface area contributed by atoms with Crippen LogP contribution in [0.1, 0.15) is 35.9 Å². The van der Waals surface area contributed by atoms with Crippen LogP contribution in [0.5, 0.6) is 5.75 Å². The largest absolute Gasteiger partial charge is 0.508 e. The van der Waals surface area contributed by atoms with E-state index in [9.17, 15) is 9.90 Å². The summed E-state index contributed by atoms with van der Waals surface area (Å²) in [6.07, 6.45) is 4.39. The monoisotopic (exact) mass is 311 g/mol. The molecule has 23 heavy (non-hydrogen) atoms. The van der Waals surface area contributed by atoms with E-state index in [0.29, 0.717) is 23.0 Å². The number of aryl methyl sites for hydroxylation is 1. The number of aromatic hydroxyl groups is 1. The van der Waals surface area contributed by atoms with Gasteiger partial charge in [0.15, 0.2) is 5.65 Å². The maximum Gasteiger partial charge on any atom is 0.258 e. The number of aromatic nitrogens is 4. The number of nitrogens with one attached hydrogen (secondary N) is 1. The fraction of sp³-hybridized carbons (Fsp3) is 0.250. The average molecular weight is 311 g/mol. The third-order valence-corrected chi connectivity index (χ3v) is 3.41. The molecule has 0 aliphatic carbocycles. The number of phenolic OH excluding ortho intramolecular Hbond substituents is 1. The first-order valence-corrected chi connectivity index (χ1v) is 7.48. The molecule has 3 aromatic rings. The molecule has 0 aliphatic heterocycles. The van der Waals surface area contributed by atoms with E-state index in [-0.39, 0.29) is 11.7 Å². The van der Waals surface area contributed by atoms with Crippen molar-refractivity contribution < 1.29 is 9.90 Å². The Labute approximate surface area is 133 Å². The molecular formula is C16H17N5O2. The van der Waals surface area contributed by atoms with Gasteiger partial charge in [0.25, 0.3) is 5.91 Å². The number of fused-ring (bicyclic) bond motifs is 1. The van der Waals surface area contributed by atoms with Gasteiger partial charge in [0, 0.05) is 18.1 Å². The van der Waals surface area contributed by atoms with E-state index >= 15 is 0 Å². The summed E-state index contributed by atoms with van der Waals surface area (Å²) in [5, 5.41) is 16.2. The lowest BCUT2D eigenvalue weighted by atomic mass is 10.2. The number of unbranched alkanes of at least 4 members (excludes halogenated alkanes) is 1. The fourth-order valence-electron chi connectivity index (χ4n) is 2.19. The van der Waals surface area contributed by atoms with Crippen LogP contribution in [-0.2, 0) is 6.42 Å². The van der Waals surface area contributed by atoms with Crippen LogP contribution in [0.4, 0.5) is 5.95 Å². The second kappa shape index (κ2) is 6.43. The number of carbonyl (C=O) groups is 1. The highest BCUT2D eigenvalue weighted by Crippen LogP contribution is 2.13. The van der Waals surface area contributed by atoms with E-state index in [0.717, 1.165) is 19.3 Å². The van der Waals surface area contributed by atoms with Gasteiger partial charge in [0.1, 0.15) is 11.6 Å². The molecular weight excluding hydrogens is 294 g/mol. The van der Waals surface area contributed by atoms with Gasteiger partial charge in [-0.15, -0.1) is 0 Å². The third kappa shape index (κ3) is 3.28. The summed E-state index contributed by atoms with van der Waals surface area (Å²) in [5.74, 6) is 0.812. The van der Waals surface area contributed by atoms with Crippen molar-refractivity contribution >= 4 is 17.5 Å². The van der Waals surface area contributed by atoms with Crippen LogP contribution >= 0.6 is 0 Å². The van der Waals surface area contributed by atoms with Crippen molar-refractivity contribution in [3.05, 3.63) is 47.9 Å². The Morgan fingerprint density at radius 3 is 2.74 bits per heavy atom. The Bertz CT molecular complexity index is 826. The third-order valence-electron chi connectivity index (χ3n) is 3.41. The molecule has 2 N–H and O–H groups in total. The highest BCUT2D eigenvalue weighted by molar-refractivity contribution is 6.03. The summed E-state index contributed by atoms with van der Waals surface area (Å²) in [7, 11) is 0. The molecule has 0 radical (unpaired) electrons. The van der Waals surface area contributed by atoms with Gasteiger partial charge < -0.3 is 5.11 Å². The summed E-state index contributed by atoms with van der Waals surface area (Å²) >= 11 is 0. The number of benzene rings is 1. The molecule has 0 saturated heterocycles. The summed E-state index contributed by atoms with van der Waals surface area (Å²) in [4.78, 5) is 21.2. The van der Waals surface area contributed by atoms with E-state index in [2.05, 4.69) is 27.3 Å². The second-order valence-electron chi connectivity index (χ2n) is 5.17. The fourth-order valence-corrected chi connectivity index (χ4v) is 2.19. The highest BCUT2D eigenvalue weighted by atomic mass is 16.3. The quantitative estimate of drug-likeness (QED) is 0.755. The maximum absolute atomic E-state index is 12.3. The minimum absolute atomic E-state index is 0.111. The first-order chi connectivity index (χ1) is 11.2. The molecule has 0 saturated carbocycles. The number of rotatable bonds is 5. The first-order valence-electron chi connectivity index (χ1n) is 7.48. The van der Waals surface area contributed by atoms with E-state index in [1.165, 1.54) is 16.6 Å². The van der Waals surface area contributed by atoms with Gasteiger partial charge in [-0.1, -0.05) is 13.3 Å². The van der Waals surface area contributed by atoms with Crippen molar-refractivity contribution in [1.29, 1.82) is 0 Å². The zero-order valence-corrected chi connectivity index (χ0v) is 12.7. The molecule has 0 aliphatic rings. The molecule has 0 unspecified atom stereocenters. The average Bonchev–Trinajstić information content (AvgIpc) is 3.02. The second-order valence-corrected chi connectivity index (χ2v) is 5.17. The molecule has 2 aromatic heterocycles. The normalized spacial score (nSPS) is 10.8. The SMILES string of the molecule is CCCCc1nc(NC(=O)c2ccc(O)cc2)n2nccc2n1. The zero-order valence-electron chi connectivity index (χ0n) is 12.7. The minimum atomic E-state index is -0.318. The van der Waals surface area contributed by atoms with E-state index in [4.69, 9.17) is 0 Å². The number of amides is 1. The first kappa shape index (κ1) is 15.0. The number of nitrogens with zero attached hydrogens (tertiary/aromatic N) is 4. The molecule has 0 bridgehead atoms. The predicted octanol–water partition coefficient (Wildman–Crippen LogP) is 2.42. The van der Waals surface area contributed by atoms with Crippen molar-refractivity contribution in [2.45, 2.75) is 26.2 Å². The maximum atomic E-state index is 12.3. The van der Waals surface area contributed by atoms with E-state index in [1.54, 1.807) is 24.4 Å². The van der Waals surface area contributed by atoms with Gasteiger partial charge in [-0.05, 0) is 30.7 Å². The van der Waals surface area contributed by atoms with Crippen molar-refractivity contribution in [2.24, 2.45) is 0 Å². The molecule has 3 rings (SSSR count). The zero-order chi connectivity index (χ0) is 16.2. The van der Waals surface area contributed by atoms with Gasteiger partial charge >= 0.3 is 0 Å². The van der Waals surface area contributed by atoms with Crippen LogP contribution in [0.2, 0.25) is 0 Å². The van der Waals surface area contributed by atoms with Crippen LogP contribution in [0.25, 0.3) is 5.65 Å². The summed E-state index contributed by atoms with van der Waals surface area (Å²) in [6, 6.07) is 7.79. The predicted molar refractivity (Wildman–Crippen MR) is 85.5 cm³/mol. The van der Waals surface area contributed by atoms with Crippen LogP contribution in [0, 0.1) is 0 Å². The van der Waals surface area contributed by atoms with E-state index in [1.807, 2.05) is 0 Å². The van der Waals surface area contributed by atoms with Crippen LogP contribution in [0.15, 0.2) is 36.5 Å². The van der Waals surface area contributed by atoms with Gasteiger partial charge in [-0.3, -0.25) is 10.1 Å². The Kier molecular flexibility index (Phi) is 4.18. The van der Waals surface area contributed by atoms with Gasteiger partial charge in [-0.2, -0.15) is 14.6 Å². The molecule has 2 heterocycles. The smallest absolute Gasteiger partial charge is 0.258 e. The number of carbonyl (C=O) groups excluding carboxylic acids is 1. The van der Waals surface area contributed by atoms with Gasteiger partial charge in [0.05, 0.1) is 6.20 Å². The van der Waals surface area contributed by atoms with Crippen LogP contribution in [0.3, 0.4) is 0 Å². The molecule has 1 aromatic carbocycles. The number of hydrogen-bond acceptors (Lipinski definition) is 5. The van der Waals surface area contributed by atoms with Crippen molar-refractivity contribution in [3.8, 4) is 5.75 Å². The number of hydrogen-bond donors (Lipinski definition) is 2. The summed E-state index contributed by atoms with van der Waals surface area (Å²) in [5.41, 5.74) is 1.07. The minimum Gasteiger partial charge on any atom is -0.508 e. The highest BCUT2D eigenvalue weighted by Gasteiger charge is 2.12. The molecule has 7 nitrogen and oxygen atoms in total. The molecule has 0 spiro atoms. The lowest BCUT2D eigenvalue weighted by Gasteiger charge is -2.08. The molecule has 0 fully saturated rings. The van der Waals surface area contributed by atoms with E-state index < -0.39 is 0 Å². The van der Waals surface area contributed by atoms with Crippen molar-refractivity contribution in [1.82, 2.24) is 19.6 Å². The number of phenols is 1. The Hall–Kier alpha value is -2.96. The van der Waals surface area contributed by atoms with Gasteiger partial charge in [0.2, 0.25) is 5.95 Å². The molecule has 1 amide bonds. The summed E-state index contributed by atoms with van der Waals surface area (Å²) < 4.78 is 1.49. The van der Waals surface area contributed by atoms with Crippen LogP contribution in [-0.4, -0.2) is 30.6 Å². The Balaban J connectivity index is 1.90. The molecule has 0 atom stereocenters. The topological polar surface area (TPSA) is 92.4 Å².